The number of ketones is 1. The van der Waals surface area contributed by atoms with Crippen LogP contribution in [-0.2, 0) is 9.84 Å². The zero-order valence-corrected chi connectivity index (χ0v) is 14.6. The summed E-state index contributed by atoms with van der Waals surface area (Å²) < 4.78 is 25.8. The van der Waals surface area contributed by atoms with E-state index in [0.717, 1.165) is 0 Å². The molecule has 0 saturated heterocycles. The molecule has 2 aromatic carbocycles. The van der Waals surface area contributed by atoms with E-state index in [0.29, 0.717) is 5.56 Å². The number of hydrogen-bond donors (Lipinski definition) is 0. The van der Waals surface area contributed by atoms with E-state index in [-0.39, 0.29) is 29.9 Å². The number of nitrogens with zero attached hydrogens (tertiary/aromatic N) is 1. The maximum atomic E-state index is 12.9. The molecule has 132 valence electrons. The van der Waals surface area contributed by atoms with Gasteiger partial charge in [-0.25, -0.2) is 8.42 Å². The molecule has 0 aliphatic heterocycles. The normalized spacial score (nSPS) is 13.8. The summed E-state index contributed by atoms with van der Waals surface area (Å²) in [5.74, 6) is -0.316. The van der Waals surface area contributed by atoms with E-state index in [2.05, 4.69) is 0 Å². The lowest BCUT2D eigenvalue weighted by molar-refractivity contribution is -0.542. The third-order valence-electron chi connectivity index (χ3n) is 4.28. The van der Waals surface area contributed by atoms with Crippen molar-refractivity contribution < 1.29 is 18.1 Å². The van der Waals surface area contributed by atoms with Crippen molar-refractivity contribution in [1.82, 2.24) is 0 Å². The lowest BCUT2D eigenvalue weighted by Crippen LogP contribution is -2.46. The Morgan fingerprint density at radius 3 is 2.04 bits per heavy atom. The van der Waals surface area contributed by atoms with Gasteiger partial charge in [0.25, 0.3) is 0 Å². The number of carbonyl (C=O) groups excluding carboxylic acids is 1. The van der Waals surface area contributed by atoms with Crippen LogP contribution in [0, 0.1) is 10.1 Å². The Morgan fingerprint density at radius 1 is 1.04 bits per heavy atom. The highest BCUT2D eigenvalue weighted by Crippen LogP contribution is 2.34. The first-order valence-electron chi connectivity index (χ1n) is 7.87. The van der Waals surface area contributed by atoms with Crippen molar-refractivity contribution in [3.8, 4) is 0 Å². The number of hydrogen-bond acceptors (Lipinski definition) is 5. The summed E-state index contributed by atoms with van der Waals surface area (Å²) in [4.78, 5) is 20.9. The average molecular weight is 361 g/mol. The third kappa shape index (κ3) is 3.61. The smallest absolute Gasteiger partial charge is 0.294 e. The van der Waals surface area contributed by atoms with Crippen LogP contribution in [-0.4, -0.2) is 24.0 Å². The van der Waals surface area contributed by atoms with E-state index >= 15 is 0 Å². The van der Waals surface area contributed by atoms with Crippen molar-refractivity contribution in [3.63, 3.8) is 0 Å². The van der Waals surface area contributed by atoms with E-state index in [1.165, 1.54) is 31.2 Å². The fraction of sp³-hybridized carbons (Fsp3) is 0.278. The van der Waals surface area contributed by atoms with Crippen molar-refractivity contribution in [3.05, 3.63) is 76.3 Å². The largest absolute Gasteiger partial charge is 0.323 e. The van der Waals surface area contributed by atoms with Gasteiger partial charge in [0.2, 0.25) is 9.84 Å². The van der Waals surface area contributed by atoms with Crippen molar-refractivity contribution in [1.29, 1.82) is 0 Å². The second-order valence-electron chi connectivity index (χ2n) is 5.66. The molecule has 0 aliphatic carbocycles. The molecular formula is C18H19NO5S. The maximum absolute atomic E-state index is 12.9. The number of sulfone groups is 1. The van der Waals surface area contributed by atoms with Crippen LogP contribution in [0.4, 0.5) is 0 Å². The van der Waals surface area contributed by atoms with Crippen LogP contribution in [0.5, 0.6) is 0 Å². The molecule has 0 amide bonds. The molecule has 0 heterocycles. The number of nitro groups is 1. The molecule has 1 atom stereocenters. The molecule has 0 aromatic heterocycles. The van der Waals surface area contributed by atoms with Crippen LogP contribution >= 0.6 is 0 Å². The molecule has 0 spiro atoms. The van der Waals surface area contributed by atoms with Gasteiger partial charge in [0.05, 0.1) is 4.90 Å². The minimum atomic E-state index is -4.24. The standard InChI is InChI=1S/C18H19NO5S/c1-2-18(19(21)22,25(23,24)16-11-7-4-8-12-16)14-13-17(20)15-9-5-3-6-10-15/h3-12H,2,13-14H2,1H3/t18-/m1/s1. The van der Waals surface area contributed by atoms with E-state index in [9.17, 15) is 23.3 Å². The summed E-state index contributed by atoms with van der Waals surface area (Å²) in [6.45, 7) is 1.45. The zero-order valence-electron chi connectivity index (χ0n) is 13.8. The summed E-state index contributed by atoms with van der Waals surface area (Å²) in [6.07, 6.45) is -0.814. The molecule has 0 aliphatic rings. The van der Waals surface area contributed by atoms with Crippen LogP contribution in [0.25, 0.3) is 0 Å². The summed E-state index contributed by atoms with van der Waals surface area (Å²) in [5, 5.41) is 11.7. The SMILES string of the molecule is CC[C@@](CCC(=O)c1ccccc1)([N+](=O)[O-])S(=O)(=O)c1ccccc1. The topological polar surface area (TPSA) is 94.3 Å². The first kappa shape index (κ1) is 18.8. The Hall–Kier alpha value is -2.54. The van der Waals surface area contributed by atoms with E-state index < -0.39 is 19.6 Å². The molecule has 25 heavy (non-hydrogen) atoms. The Kier molecular flexibility index (Phi) is 5.69. The van der Waals surface area contributed by atoms with Crippen molar-refractivity contribution in [2.24, 2.45) is 0 Å². The Morgan fingerprint density at radius 2 is 1.56 bits per heavy atom. The minimum absolute atomic E-state index is 0.110. The van der Waals surface area contributed by atoms with Gasteiger partial charge in [-0.1, -0.05) is 55.5 Å². The zero-order chi connectivity index (χ0) is 18.5. The Balaban J connectivity index is 2.36. The first-order valence-corrected chi connectivity index (χ1v) is 9.36. The second kappa shape index (κ2) is 7.57. The Bertz CT molecular complexity index is 850. The van der Waals surface area contributed by atoms with Gasteiger partial charge in [-0.3, -0.25) is 14.9 Å². The van der Waals surface area contributed by atoms with E-state index in [4.69, 9.17) is 0 Å². The molecule has 0 saturated carbocycles. The summed E-state index contributed by atoms with van der Waals surface area (Å²) in [7, 11) is -4.24. The minimum Gasteiger partial charge on any atom is -0.294 e. The fourth-order valence-electron chi connectivity index (χ4n) is 2.72. The lowest BCUT2D eigenvalue weighted by Gasteiger charge is -2.24. The third-order valence-corrected chi connectivity index (χ3v) is 6.81. The van der Waals surface area contributed by atoms with Gasteiger partial charge < -0.3 is 0 Å². The van der Waals surface area contributed by atoms with Gasteiger partial charge in [-0.2, -0.15) is 0 Å². The molecule has 2 aromatic rings. The molecule has 0 radical (unpaired) electrons. The number of carbonyl (C=O) groups is 1. The number of benzene rings is 2. The van der Waals surface area contributed by atoms with Gasteiger partial charge in [-0.05, 0) is 12.1 Å². The molecule has 0 unspecified atom stereocenters. The summed E-state index contributed by atoms with van der Waals surface area (Å²) >= 11 is 0. The van der Waals surface area contributed by atoms with Crippen LogP contribution in [0.15, 0.2) is 65.6 Å². The highest BCUT2D eigenvalue weighted by molar-refractivity contribution is 7.92. The molecule has 0 N–H and O–H groups in total. The van der Waals surface area contributed by atoms with Crippen molar-refractivity contribution in [2.45, 2.75) is 36.0 Å². The van der Waals surface area contributed by atoms with Gasteiger partial charge in [-0.15, -0.1) is 0 Å². The average Bonchev–Trinajstić information content (AvgIpc) is 2.63. The van der Waals surface area contributed by atoms with Crippen molar-refractivity contribution in [2.75, 3.05) is 0 Å². The fourth-order valence-corrected chi connectivity index (χ4v) is 4.62. The lowest BCUT2D eigenvalue weighted by atomic mass is 10.0. The first-order chi connectivity index (χ1) is 11.8. The van der Waals surface area contributed by atoms with E-state index in [1.807, 2.05) is 0 Å². The highest BCUT2D eigenvalue weighted by atomic mass is 32.2. The Labute approximate surface area is 146 Å². The van der Waals surface area contributed by atoms with Gasteiger partial charge in [0.1, 0.15) is 0 Å². The highest BCUT2D eigenvalue weighted by Gasteiger charge is 2.54. The molecule has 0 bridgehead atoms. The molecule has 6 nitrogen and oxygen atoms in total. The summed E-state index contributed by atoms with van der Waals surface area (Å²) in [6, 6.07) is 15.7. The van der Waals surface area contributed by atoms with Gasteiger partial charge in [0, 0.05) is 29.7 Å². The molecule has 7 heteroatoms. The van der Waals surface area contributed by atoms with Crippen LogP contribution in [0.3, 0.4) is 0 Å². The van der Waals surface area contributed by atoms with Gasteiger partial charge in [0.15, 0.2) is 5.78 Å². The van der Waals surface area contributed by atoms with Crippen molar-refractivity contribution >= 4 is 15.6 Å². The quantitative estimate of drug-likeness (QED) is 0.407. The van der Waals surface area contributed by atoms with Crippen LogP contribution < -0.4 is 0 Å². The predicted octanol–water partition coefficient (Wildman–Crippen LogP) is 3.51. The molecule has 0 fully saturated rings. The monoisotopic (exact) mass is 361 g/mol. The number of Topliss-reactive ketones (excluding diaryl/α,β-unsaturated/α-hetero) is 1. The summed E-state index contributed by atoms with van der Waals surface area (Å²) in [5.41, 5.74) is 0.410. The van der Waals surface area contributed by atoms with Gasteiger partial charge >= 0.3 is 4.87 Å². The van der Waals surface area contributed by atoms with E-state index in [1.54, 1.807) is 36.4 Å². The maximum Gasteiger partial charge on any atom is 0.323 e. The van der Waals surface area contributed by atoms with Crippen LogP contribution in [0.2, 0.25) is 0 Å². The molecular weight excluding hydrogens is 342 g/mol. The van der Waals surface area contributed by atoms with Crippen LogP contribution in [0.1, 0.15) is 36.5 Å². The number of rotatable bonds is 8. The second-order valence-corrected chi connectivity index (χ2v) is 7.90. The molecule has 2 rings (SSSR count). The predicted molar refractivity (Wildman–Crippen MR) is 93.7 cm³/mol.